The molecular formula is C29H32Cl3F3N2O2S. The van der Waals surface area contributed by atoms with Crippen molar-refractivity contribution >= 4 is 58.2 Å². The smallest absolute Gasteiger partial charge is 0.378 e. The molecule has 4 rings (SSSR count). The van der Waals surface area contributed by atoms with E-state index in [0.717, 1.165) is 58.9 Å². The lowest BCUT2D eigenvalue weighted by molar-refractivity contribution is -0.262. The predicted molar refractivity (Wildman–Crippen MR) is 157 cm³/mol. The molecule has 1 saturated heterocycles. The molecule has 2 aliphatic rings. The summed E-state index contributed by atoms with van der Waals surface area (Å²) in [7, 11) is 3.84. The van der Waals surface area contributed by atoms with Crippen molar-refractivity contribution < 1.29 is 23.1 Å². The summed E-state index contributed by atoms with van der Waals surface area (Å²) in [4.78, 5) is 17.3. The lowest BCUT2D eigenvalue weighted by atomic mass is 9.68. The van der Waals surface area contributed by atoms with Crippen molar-refractivity contribution in [3.63, 3.8) is 0 Å². The van der Waals surface area contributed by atoms with Crippen LogP contribution >= 0.6 is 46.6 Å². The van der Waals surface area contributed by atoms with Crippen LogP contribution in [-0.2, 0) is 10.4 Å². The molecule has 1 N–H and O–H groups in total. The highest BCUT2D eigenvalue weighted by molar-refractivity contribution is 8.00. The number of rotatable bonds is 6. The minimum absolute atomic E-state index is 0.0193. The van der Waals surface area contributed by atoms with E-state index in [2.05, 4.69) is 12.6 Å². The first-order valence-corrected chi connectivity index (χ1v) is 15.0. The van der Waals surface area contributed by atoms with Gasteiger partial charge < -0.3 is 14.9 Å². The number of thioether (sulfide) groups is 1. The third-order valence-electron chi connectivity index (χ3n) is 8.20. The van der Waals surface area contributed by atoms with E-state index in [1.54, 1.807) is 11.8 Å². The zero-order chi connectivity index (χ0) is 29.5. The minimum Gasteiger partial charge on any atom is -0.378 e. The van der Waals surface area contributed by atoms with Gasteiger partial charge in [0.25, 0.3) is 11.5 Å². The summed E-state index contributed by atoms with van der Waals surface area (Å²) in [5.41, 5.74) is -2.68. The summed E-state index contributed by atoms with van der Waals surface area (Å²) in [6, 6.07) is 9.14. The van der Waals surface area contributed by atoms with Gasteiger partial charge in [0.05, 0.1) is 5.02 Å². The van der Waals surface area contributed by atoms with Gasteiger partial charge in [0.1, 0.15) is 0 Å². The normalized spacial score (nSPS) is 19.4. The average Bonchev–Trinajstić information content (AvgIpc) is 2.88. The van der Waals surface area contributed by atoms with E-state index in [1.165, 1.54) is 6.07 Å². The number of carbonyl (C=O) groups excluding carboxylic acids is 1. The van der Waals surface area contributed by atoms with E-state index in [9.17, 15) is 23.1 Å². The van der Waals surface area contributed by atoms with Crippen LogP contribution in [0.5, 0.6) is 0 Å². The Kier molecular flexibility index (Phi) is 9.38. The molecule has 1 atom stereocenters. The number of nitrogens with zero attached hydrogens (tertiary/aromatic N) is 2. The lowest BCUT2D eigenvalue weighted by Gasteiger charge is -2.47. The average molecular weight is 636 g/mol. The first kappa shape index (κ1) is 31.4. The van der Waals surface area contributed by atoms with E-state index >= 15 is 0 Å². The van der Waals surface area contributed by atoms with E-state index in [-0.39, 0.29) is 28.5 Å². The van der Waals surface area contributed by atoms with Crippen LogP contribution in [-0.4, -0.2) is 59.4 Å². The summed E-state index contributed by atoms with van der Waals surface area (Å²) in [6.07, 6.45) is -0.261. The maximum Gasteiger partial charge on any atom is 0.430 e. The standard InChI is InChI=1S/C29H32Cl3F3N2O2S/c1-18(36(2)3)24-5-4-23(17-25(24)32)40-22-6-8-27(9-7-22)10-12-37(13-11-27)26(38)28(39,29(33,34)35)19-14-20(30)16-21(31)15-19/h4-5,14-17,22,39H,1,6-13H2,2-3H3/t28-/m1/s1. The molecule has 0 unspecified atom stereocenters. The number of aliphatic hydroxyl groups is 1. The number of piperidine rings is 1. The largest absolute Gasteiger partial charge is 0.430 e. The van der Waals surface area contributed by atoms with Gasteiger partial charge >= 0.3 is 6.18 Å². The van der Waals surface area contributed by atoms with Crippen LogP contribution in [0.4, 0.5) is 13.2 Å². The summed E-state index contributed by atoms with van der Waals surface area (Å²) in [6.45, 7) is 4.37. The number of halogens is 6. The first-order valence-electron chi connectivity index (χ1n) is 13.0. The molecule has 0 aromatic heterocycles. The quantitative estimate of drug-likeness (QED) is 0.347. The van der Waals surface area contributed by atoms with Crippen molar-refractivity contribution in [3.8, 4) is 0 Å². The van der Waals surface area contributed by atoms with Crippen molar-refractivity contribution in [2.45, 2.75) is 60.4 Å². The predicted octanol–water partition coefficient (Wildman–Crippen LogP) is 8.27. The van der Waals surface area contributed by atoms with Gasteiger partial charge in [-0.3, -0.25) is 4.79 Å². The number of carbonyl (C=O) groups is 1. The highest BCUT2D eigenvalue weighted by Crippen LogP contribution is 2.49. The van der Waals surface area contributed by atoms with Crippen LogP contribution in [0.15, 0.2) is 47.9 Å². The zero-order valence-corrected chi connectivity index (χ0v) is 25.4. The Morgan fingerprint density at radius 3 is 2.10 bits per heavy atom. The van der Waals surface area contributed by atoms with Crippen molar-refractivity contribution in [2.75, 3.05) is 27.2 Å². The molecule has 1 heterocycles. The molecule has 40 heavy (non-hydrogen) atoms. The Morgan fingerprint density at radius 2 is 1.60 bits per heavy atom. The highest BCUT2D eigenvalue weighted by Gasteiger charge is 2.62. The number of hydrogen-bond acceptors (Lipinski definition) is 4. The Balaban J connectivity index is 1.38. The van der Waals surface area contributed by atoms with Crippen LogP contribution in [0.25, 0.3) is 5.70 Å². The van der Waals surface area contributed by atoms with Crippen molar-refractivity contribution in [1.82, 2.24) is 9.80 Å². The third-order valence-corrected chi connectivity index (χ3v) is 10.3. The summed E-state index contributed by atoms with van der Waals surface area (Å²) < 4.78 is 42.5. The SMILES string of the molecule is C=C(c1ccc(SC2CCC3(CC2)CCN(C(=O)[C@](O)(c2cc(Cl)cc(Cl)c2)C(F)(F)F)CC3)cc1Cl)N(C)C. The fourth-order valence-corrected chi connectivity index (χ4v) is 7.71. The van der Waals surface area contributed by atoms with E-state index in [4.69, 9.17) is 34.8 Å². The number of likely N-dealkylation sites (tertiary alicyclic amines) is 1. The lowest BCUT2D eigenvalue weighted by Crippen LogP contribution is -2.58. The van der Waals surface area contributed by atoms with Gasteiger partial charge in [0, 0.05) is 64.2 Å². The minimum atomic E-state index is -5.25. The molecule has 1 saturated carbocycles. The Morgan fingerprint density at radius 1 is 1.02 bits per heavy atom. The van der Waals surface area contributed by atoms with Crippen LogP contribution in [0.1, 0.15) is 49.7 Å². The number of alkyl halides is 3. The molecule has 1 aliphatic carbocycles. The molecule has 4 nitrogen and oxygen atoms in total. The topological polar surface area (TPSA) is 43.8 Å². The summed E-state index contributed by atoms with van der Waals surface area (Å²) in [5.74, 6) is -1.39. The molecule has 2 aromatic carbocycles. The van der Waals surface area contributed by atoms with Crippen molar-refractivity contribution in [2.24, 2.45) is 5.41 Å². The van der Waals surface area contributed by atoms with Crippen LogP contribution in [0.3, 0.4) is 0 Å². The maximum atomic E-state index is 14.2. The van der Waals surface area contributed by atoms with Crippen molar-refractivity contribution in [1.29, 1.82) is 0 Å². The van der Waals surface area contributed by atoms with Gasteiger partial charge in [-0.15, -0.1) is 11.8 Å². The van der Waals surface area contributed by atoms with Gasteiger partial charge in [-0.05, 0) is 74.3 Å². The number of hydrogen-bond donors (Lipinski definition) is 1. The molecule has 2 fully saturated rings. The second-order valence-corrected chi connectivity index (χ2v) is 13.6. The summed E-state index contributed by atoms with van der Waals surface area (Å²) in [5, 5.41) is 11.7. The molecule has 1 spiro atoms. The Hall–Kier alpha value is -1.58. The fourth-order valence-electron chi connectivity index (χ4n) is 5.64. The maximum absolute atomic E-state index is 14.2. The Bertz CT molecular complexity index is 1250. The molecule has 0 bridgehead atoms. The molecule has 0 radical (unpaired) electrons. The first-order chi connectivity index (χ1) is 18.6. The summed E-state index contributed by atoms with van der Waals surface area (Å²) >= 11 is 20.1. The molecule has 1 amide bonds. The third kappa shape index (κ3) is 6.41. The molecule has 11 heteroatoms. The van der Waals surface area contributed by atoms with Gasteiger partial charge in [0.15, 0.2) is 0 Å². The molecule has 2 aromatic rings. The fraction of sp³-hybridized carbons (Fsp3) is 0.483. The second-order valence-electron chi connectivity index (χ2n) is 11.0. The molecular weight excluding hydrogens is 604 g/mol. The van der Waals surface area contributed by atoms with Gasteiger partial charge in [-0.25, -0.2) is 0 Å². The molecule has 1 aliphatic heterocycles. The molecule has 218 valence electrons. The number of amides is 1. The van der Waals surface area contributed by atoms with Gasteiger partial charge in [-0.1, -0.05) is 47.4 Å². The van der Waals surface area contributed by atoms with Gasteiger partial charge in [-0.2, -0.15) is 13.2 Å². The Labute approximate surface area is 252 Å². The zero-order valence-electron chi connectivity index (χ0n) is 22.3. The van der Waals surface area contributed by atoms with E-state index in [0.29, 0.717) is 23.1 Å². The highest BCUT2D eigenvalue weighted by atomic mass is 35.5. The number of benzene rings is 2. The van der Waals surface area contributed by atoms with Crippen LogP contribution in [0, 0.1) is 5.41 Å². The van der Waals surface area contributed by atoms with E-state index < -0.39 is 23.2 Å². The second kappa shape index (κ2) is 12.0. The van der Waals surface area contributed by atoms with Crippen LogP contribution in [0.2, 0.25) is 15.1 Å². The monoisotopic (exact) mass is 634 g/mol. The van der Waals surface area contributed by atoms with Crippen molar-refractivity contribution in [3.05, 3.63) is 69.2 Å². The van der Waals surface area contributed by atoms with E-state index in [1.807, 2.05) is 31.1 Å². The van der Waals surface area contributed by atoms with Gasteiger partial charge in [0.2, 0.25) is 0 Å². The van der Waals surface area contributed by atoms with Crippen LogP contribution < -0.4 is 0 Å².